The number of carbonyl (C=O) groups excluding carboxylic acids is 2. The molecule has 3 unspecified atom stereocenters. The summed E-state index contributed by atoms with van der Waals surface area (Å²) in [6.45, 7) is 7.37. The van der Waals surface area contributed by atoms with Gasteiger partial charge in [-0.2, -0.15) is 0 Å². The topological polar surface area (TPSA) is 43.4 Å². The van der Waals surface area contributed by atoms with Crippen LogP contribution in [0.5, 0.6) is 0 Å². The maximum Gasteiger partial charge on any atom is 0.306 e. The van der Waals surface area contributed by atoms with Gasteiger partial charge in [0.25, 0.3) is 0 Å². The van der Waals surface area contributed by atoms with Crippen LogP contribution < -0.4 is 0 Å². The number of fused-ring (bicyclic) bond motifs is 9. The fourth-order valence-corrected chi connectivity index (χ4v) is 9.24. The van der Waals surface area contributed by atoms with Crippen molar-refractivity contribution in [1.82, 2.24) is 0 Å². The van der Waals surface area contributed by atoms with Crippen LogP contribution in [0.4, 0.5) is 0 Å². The van der Waals surface area contributed by atoms with E-state index >= 15 is 0 Å². The number of hydrogen-bond donors (Lipinski definition) is 0. The predicted octanol–water partition coefficient (Wildman–Crippen LogP) is 4.70. The molecule has 27 heavy (non-hydrogen) atoms. The first kappa shape index (κ1) is 16.8. The van der Waals surface area contributed by atoms with Gasteiger partial charge in [-0.3, -0.25) is 9.59 Å². The van der Waals surface area contributed by atoms with E-state index in [9.17, 15) is 9.59 Å². The molecule has 3 nitrogen and oxygen atoms in total. The fourth-order valence-electron chi connectivity index (χ4n) is 9.24. The molecule has 0 bridgehead atoms. The molecular formula is C24H32O3. The van der Waals surface area contributed by atoms with Gasteiger partial charge in [0.1, 0.15) is 5.60 Å². The van der Waals surface area contributed by atoms with E-state index < -0.39 is 0 Å². The molecule has 4 saturated carbocycles. The molecule has 5 fully saturated rings. The van der Waals surface area contributed by atoms with Crippen LogP contribution in [0.2, 0.25) is 0 Å². The van der Waals surface area contributed by atoms with E-state index in [4.69, 9.17) is 4.74 Å². The van der Waals surface area contributed by atoms with E-state index in [-0.39, 0.29) is 22.4 Å². The third-order valence-corrected chi connectivity index (χ3v) is 10.4. The monoisotopic (exact) mass is 368 g/mol. The molecule has 6 aliphatic rings. The first-order chi connectivity index (χ1) is 12.8. The Morgan fingerprint density at radius 1 is 1.07 bits per heavy atom. The number of rotatable bonds is 0. The quantitative estimate of drug-likeness (QED) is 0.582. The van der Waals surface area contributed by atoms with Crippen molar-refractivity contribution in [2.45, 2.75) is 77.7 Å². The van der Waals surface area contributed by atoms with E-state index in [0.29, 0.717) is 35.9 Å². The summed E-state index contributed by atoms with van der Waals surface area (Å²) >= 11 is 0. The van der Waals surface area contributed by atoms with E-state index in [0.717, 1.165) is 37.5 Å². The number of allylic oxidation sites excluding steroid dienone is 1. The van der Waals surface area contributed by atoms with Gasteiger partial charge in [-0.25, -0.2) is 0 Å². The molecule has 1 aliphatic heterocycles. The molecule has 9 atom stereocenters. The summed E-state index contributed by atoms with van der Waals surface area (Å²) in [5.41, 5.74) is 1.69. The van der Waals surface area contributed by atoms with Crippen LogP contribution in [-0.2, 0) is 14.3 Å². The molecule has 5 aliphatic carbocycles. The van der Waals surface area contributed by atoms with Crippen LogP contribution in [0.3, 0.4) is 0 Å². The normalized spacial score (nSPS) is 58.1. The van der Waals surface area contributed by atoms with Crippen molar-refractivity contribution >= 4 is 11.8 Å². The molecule has 0 aromatic rings. The fraction of sp³-hybridized carbons (Fsp3) is 0.833. The van der Waals surface area contributed by atoms with Crippen molar-refractivity contribution in [3.8, 4) is 0 Å². The van der Waals surface area contributed by atoms with Crippen LogP contribution in [-0.4, -0.2) is 17.4 Å². The Bertz CT molecular complexity index is 782. The standard InChI is InChI=1S/C24H32O3/c1-13-10-14-11-15(25)4-7-22(14,2)17-5-8-23(3)21(20(13)17)16-12-18(16)24(23)9-6-19(26)27-24/h11,13,16-18,20-21H,4-10,12H2,1-3H3/t13-,16-,17?,18+,20?,21?,22+,23+,24+/m1/s1. The minimum Gasteiger partial charge on any atom is -0.458 e. The van der Waals surface area contributed by atoms with Gasteiger partial charge in [-0.15, -0.1) is 0 Å². The lowest BCUT2D eigenvalue weighted by Gasteiger charge is -2.62. The average molecular weight is 369 g/mol. The largest absolute Gasteiger partial charge is 0.458 e. The zero-order valence-electron chi connectivity index (χ0n) is 16.9. The Morgan fingerprint density at radius 3 is 2.63 bits per heavy atom. The van der Waals surface area contributed by atoms with Crippen molar-refractivity contribution in [1.29, 1.82) is 0 Å². The Labute approximate surface area is 162 Å². The summed E-state index contributed by atoms with van der Waals surface area (Å²) in [6.07, 6.45) is 10.2. The van der Waals surface area contributed by atoms with Gasteiger partial charge in [-0.05, 0) is 79.6 Å². The third-order valence-electron chi connectivity index (χ3n) is 10.4. The molecule has 0 N–H and O–H groups in total. The zero-order valence-corrected chi connectivity index (χ0v) is 16.9. The van der Waals surface area contributed by atoms with Gasteiger partial charge >= 0.3 is 5.97 Å². The van der Waals surface area contributed by atoms with Crippen LogP contribution in [0, 0.1) is 46.3 Å². The molecular weight excluding hydrogens is 336 g/mol. The lowest BCUT2D eigenvalue weighted by Crippen LogP contribution is -2.58. The summed E-state index contributed by atoms with van der Waals surface area (Å²) in [7, 11) is 0. The number of hydrogen-bond acceptors (Lipinski definition) is 3. The molecule has 1 saturated heterocycles. The Kier molecular flexibility index (Phi) is 3.04. The molecule has 0 aromatic carbocycles. The molecule has 3 heteroatoms. The van der Waals surface area contributed by atoms with Crippen molar-refractivity contribution in [2.75, 3.05) is 0 Å². The van der Waals surface area contributed by atoms with E-state index in [2.05, 4.69) is 20.8 Å². The smallest absolute Gasteiger partial charge is 0.306 e. The summed E-state index contributed by atoms with van der Waals surface area (Å²) in [5.74, 6) is 4.56. The van der Waals surface area contributed by atoms with Gasteiger partial charge in [0, 0.05) is 24.2 Å². The van der Waals surface area contributed by atoms with Gasteiger partial charge < -0.3 is 4.74 Å². The van der Waals surface area contributed by atoms with Crippen molar-refractivity contribution < 1.29 is 14.3 Å². The highest BCUT2D eigenvalue weighted by molar-refractivity contribution is 5.91. The molecule has 146 valence electrons. The third kappa shape index (κ3) is 1.81. The highest BCUT2D eigenvalue weighted by Crippen LogP contribution is 2.79. The van der Waals surface area contributed by atoms with Gasteiger partial charge in [0.2, 0.25) is 0 Å². The van der Waals surface area contributed by atoms with Gasteiger partial charge in [0.15, 0.2) is 5.78 Å². The Balaban J connectivity index is 1.43. The predicted molar refractivity (Wildman–Crippen MR) is 102 cm³/mol. The van der Waals surface area contributed by atoms with Crippen molar-refractivity contribution in [3.05, 3.63) is 11.6 Å². The minimum absolute atomic E-state index is 0.0457. The van der Waals surface area contributed by atoms with E-state index in [1.54, 1.807) is 0 Å². The average Bonchev–Trinajstić information content (AvgIpc) is 3.26. The van der Waals surface area contributed by atoms with Crippen LogP contribution in [0.15, 0.2) is 11.6 Å². The second-order valence-corrected chi connectivity index (χ2v) is 11.3. The second-order valence-electron chi connectivity index (χ2n) is 11.3. The summed E-state index contributed by atoms with van der Waals surface area (Å²) < 4.78 is 6.20. The molecule has 1 heterocycles. The lowest BCUT2D eigenvalue weighted by atomic mass is 9.43. The SMILES string of the molecule is C[C@@H]1CC2=CC(=O)CC[C@]2(C)C2CC[C@@]3(C)C(C21)[C@@H]1C[C@@H]1[C@@]31CCC(=O)O1. The molecule has 0 aromatic heterocycles. The first-order valence-corrected chi connectivity index (χ1v) is 11.3. The Morgan fingerprint density at radius 2 is 1.89 bits per heavy atom. The van der Waals surface area contributed by atoms with Crippen LogP contribution >= 0.6 is 0 Å². The van der Waals surface area contributed by atoms with E-state index in [1.165, 1.54) is 24.8 Å². The second kappa shape index (κ2) is 4.89. The van der Waals surface area contributed by atoms with E-state index in [1.807, 2.05) is 6.08 Å². The Hall–Kier alpha value is -1.12. The maximum atomic E-state index is 12.1. The molecule has 6 rings (SSSR count). The first-order valence-electron chi connectivity index (χ1n) is 11.3. The lowest BCUT2D eigenvalue weighted by molar-refractivity contribution is -0.179. The number of ether oxygens (including phenoxy) is 1. The molecule has 1 spiro atoms. The highest BCUT2D eigenvalue weighted by Gasteiger charge is 2.79. The zero-order chi connectivity index (χ0) is 18.8. The number of carbonyl (C=O) groups is 2. The number of ketones is 1. The molecule has 0 radical (unpaired) electrons. The van der Waals surface area contributed by atoms with Crippen molar-refractivity contribution in [3.63, 3.8) is 0 Å². The van der Waals surface area contributed by atoms with Crippen molar-refractivity contribution in [2.24, 2.45) is 46.3 Å². The van der Waals surface area contributed by atoms with Gasteiger partial charge in [0.05, 0.1) is 0 Å². The maximum absolute atomic E-state index is 12.1. The summed E-state index contributed by atoms with van der Waals surface area (Å²) in [6, 6.07) is 0. The van der Waals surface area contributed by atoms with Crippen LogP contribution in [0.25, 0.3) is 0 Å². The molecule has 0 amide bonds. The van der Waals surface area contributed by atoms with Gasteiger partial charge in [-0.1, -0.05) is 26.3 Å². The number of esters is 1. The minimum atomic E-state index is -0.149. The summed E-state index contributed by atoms with van der Waals surface area (Å²) in [4.78, 5) is 24.2. The van der Waals surface area contributed by atoms with Crippen LogP contribution in [0.1, 0.15) is 72.1 Å². The summed E-state index contributed by atoms with van der Waals surface area (Å²) in [5, 5.41) is 0. The highest BCUT2D eigenvalue weighted by atomic mass is 16.6.